The van der Waals surface area contributed by atoms with Gasteiger partial charge < -0.3 is 4.89 Å². The third-order valence-corrected chi connectivity index (χ3v) is 4.63. The van der Waals surface area contributed by atoms with Crippen molar-refractivity contribution >= 4 is 24.1 Å². The number of hydrogen-bond acceptors (Lipinski definition) is 1. The van der Waals surface area contributed by atoms with Gasteiger partial charge in [-0.15, -0.1) is 0 Å². The Morgan fingerprint density at radius 1 is 0.783 bits per heavy atom. The maximum Gasteiger partial charge on any atom is 0.218 e. The van der Waals surface area contributed by atoms with Crippen molar-refractivity contribution in [3.8, 4) is 11.1 Å². The predicted octanol–water partition coefficient (Wildman–Crippen LogP) is 5.41. The largest absolute Gasteiger partial charge is 0.343 e. The van der Waals surface area contributed by atoms with Gasteiger partial charge in [0.1, 0.15) is 0 Å². The maximum atomic E-state index is 11.5. The van der Waals surface area contributed by atoms with Gasteiger partial charge in [0.2, 0.25) is 8.03 Å². The molecule has 0 saturated carbocycles. The Bertz CT molecular complexity index is 789. The van der Waals surface area contributed by atoms with E-state index in [4.69, 9.17) is 0 Å². The molecule has 0 aliphatic heterocycles. The molecule has 3 aromatic rings. The van der Waals surface area contributed by atoms with Crippen molar-refractivity contribution < 1.29 is 9.46 Å². The summed E-state index contributed by atoms with van der Waals surface area (Å²) in [6.45, 7) is 4.36. The molecule has 0 aromatic heterocycles. The van der Waals surface area contributed by atoms with Gasteiger partial charge in [-0.2, -0.15) is 0 Å². The minimum atomic E-state index is -2.71. The third-order valence-electron chi connectivity index (χ3n) is 3.74. The monoisotopic (exact) mass is 326 g/mol. The van der Waals surface area contributed by atoms with E-state index in [9.17, 15) is 9.46 Å². The quantitative estimate of drug-likeness (QED) is 0.654. The lowest BCUT2D eigenvalue weighted by Gasteiger charge is -2.10. The molecule has 0 spiro atoms. The Labute approximate surface area is 138 Å². The second-order valence-electron chi connectivity index (χ2n) is 5.38. The summed E-state index contributed by atoms with van der Waals surface area (Å²) in [6.07, 6.45) is 2.64. The molecule has 0 aliphatic carbocycles. The smallest absolute Gasteiger partial charge is 0.218 e. The van der Waals surface area contributed by atoms with Crippen molar-refractivity contribution in [2.75, 3.05) is 0 Å². The van der Waals surface area contributed by atoms with Gasteiger partial charge in [0, 0.05) is 5.30 Å². The molecule has 0 saturated heterocycles. The van der Waals surface area contributed by atoms with Gasteiger partial charge >= 0.3 is 0 Å². The summed E-state index contributed by atoms with van der Waals surface area (Å²) >= 11 is 0. The third kappa shape index (κ3) is 4.31. The maximum absolute atomic E-state index is 11.5. The lowest BCUT2D eigenvalue weighted by molar-refractivity contribution is 0.513. The summed E-state index contributed by atoms with van der Waals surface area (Å²) in [6, 6.07) is 21.4. The molecule has 0 amide bonds. The summed E-state index contributed by atoms with van der Waals surface area (Å²) < 4.78 is 11.5. The van der Waals surface area contributed by atoms with Crippen LogP contribution in [0, 0.1) is 0 Å². The van der Waals surface area contributed by atoms with Crippen LogP contribution in [0.15, 0.2) is 66.7 Å². The molecule has 1 N–H and O–H groups in total. The van der Waals surface area contributed by atoms with E-state index in [1.165, 1.54) is 12.8 Å². The molecule has 3 aromatic carbocycles. The lowest BCUT2D eigenvalue weighted by atomic mass is 9.98. The van der Waals surface area contributed by atoms with E-state index in [2.05, 4.69) is 13.8 Å². The van der Waals surface area contributed by atoms with Gasteiger partial charge in [-0.1, -0.05) is 87.4 Å². The first-order chi connectivity index (χ1) is 11.2. The first kappa shape index (κ1) is 17.5. The molecule has 0 fully saturated rings. The summed E-state index contributed by atoms with van der Waals surface area (Å²) in [7, 11) is -2.71. The highest BCUT2D eigenvalue weighted by Crippen LogP contribution is 2.30. The molecule has 3 heteroatoms. The van der Waals surface area contributed by atoms with E-state index in [-0.39, 0.29) is 0 Å². The van der Waals surface area contributed by atoms with E-state index in [0.717, 1.165) is 21.9 Å². The number of hydrogen-bond donors (Lipinski definition) is 1. The average Bonchev–Trinajstić information content (AvgIpc) is 2.61. The minimum Gasteiger partial charge on any atom is -0.343 e. The highest BCUT2D eigenvalue weighted by molar-refractivity contribution is 7.47. The highest BCUT2D eigenvalue weighted by atomic mass is 31.1. The minimum absolute atomic E-state index is 0.517. The van der Waals surface area contributed by atoms with Crippen molar-refractivity contribution in [3.05, 3.63) is 66.7 Å². The lowest BCUT2D eigenvalue weighted by Crippen LogP contribution is -2.00. The Morgan fingerprint density at radius 3 is 2.04 bits per heavy atom. The Morgan fingerprint density at radius 2 is 1.35 bits per heavy atom. The van der Waals surface area contributed by atoms with Crippen LogP contribution in [0.3, 0.4) is 0 Å². The van der Waals surface area contributed by atoms with Crippen LogP contribution in [-0.4, -0.2) is 4.89 Å². The number of rotatable bonds is 3. The van der Waals surface area contributed by atoms with Gasteiger partial charge in [-0.25, -0.2) is 0 Å². The summed E-state index contributed by atoms with van der Waals surface area (Å²) in [5.41, 5.74) is 1.84. The van der Waals surface area contributed by atoms with Gasteiger partial charge in [-0.05, 0) is 28.0 Å². The molecule has 0 bridgehead atoms. The standard InChI is InChI=1S/C16H13O2P.C4H10/c17-19(18)16-11-4-3-9-15(16)14-10-5-7-12-6-1-2-8-13(12)14;1-3-4-2/h1-11,19H,(H,17,18);3-4H2,1-2H3. The van der Waals surface area contributed by atoms with Gasteiger partial charge in [0.05, 0.1) is 0 Å². The van der Waals surface area contributed by atoms with Gasteiger partial charge in [-0.3, -0.25) is 4.57 Å². The summed E-state index contributed by atoms with van der Waals surface area (Å²) in [5.74, 6) is 0. The Hall–Kier alpha value is -1.89. The Kier molecular flexibility index (Phi) is 6.58. The van der Waals surface area contributed by atoms with E-state index < -0.39 is 8.03 Å². The van der Waals surface area contributed by atoms with E-state index >= 15 is 0 Å². The van der Waals surface area contributed by atoms with Crippen LogP contribution in [0.1, 0.15) is 26.7 Å². The summed E-state index contributed by atoms with van der Waals surface area (Å²) in [4.78, 5) is 9.48. The van der Waals surface area contributed by atoms with Gasteiger partial charge in [0.25, 0.3) is 0 Å². The van der Waals surface area contributed by atoms with Crippen LogP contribution < -0.4 is 5.30 Å². The first-order valence-electron chi connectivity index (χ1n) is 7.99. The van der Waals surface area contributed by atoms with Crippen molar-refractivity contribution in [2.24, 2.45) is 0 Å². The van der Waals surface area contributed by atoms with Crippen LogP contribution in [0.25, 0.3) is 21.9 Å². The zero-order valence-corrected chi connectivity index (χ0v) is 14.6. The molecule has 23 heavy (non-hydrogen) atoms. The van der Waals surface area contributed by atoms with Crippen LogP contribution in [0.4, 0.5) is 0 Å². The second kappa shape index (κ2) is 8.67. The van der Waals surface area contributed by atoms with Crippen molar-refractivity contribution in [1.82, 2.24) is 0 Å². The molecular weight excluding hydrogens is 303 g/mol. The summed E-state index contributed by atoms with van der Waals surface area (Å²) in [5, 5.41) is 2.75. The number of unbranched alkanes of at least 4 members (excludes halogenated alkanes) is 1. The van der Waals surface area contributed by atoms with Crippen LogP contribution >= 0.6 is 8.03 Å². The molecule has 2 nitrogen and oxygen atoms in total. The number of fused-ring (bicyclic) bond motifs is 1. The van der Waals surface area contributed by atoms with E-state index in [1.807, 2.05) is 54.6 Å². The first-order valence-corrected chi connectivity index (χ1v) is 9.35. The fourth-order valence-electron chi connectivity index (χ4n) is 2.36. The fraction of sp³-hybridized carbons (Fsp3) is 0.200. The van der Waals surface area contributed by atoms with Crippen LogP contribution in [0.5, 0.6) is 0 Å². The highest BCUT2D eigenvalue weighted by Gasteiger charge is 2.10. The van der Waals surface area contributed by atoms with Crippen molar-refractivity contribution in [2.45, 2.75) is 26.7 Å². The fourth-order valence-corrected chi connectivity index (χ4v) is 3.05. The average molecular weight is 326 g/mol. The van der Waals surface area contributed by atoms with Crippen molar-refractivity contribution in [3.63, 3.8) is 0 Å². The Balaban J connectivity index is 0.000000433. The zero-order chi connectivity index (χ0) is 16.7. The topological polar surface area (TPSA) is 37.3 Å². The van der Waals surface area contributed by atoms with E-state index in [0.29, 0.717) is 5.30 Å². The molecular formula is C20H23O2P. The van der Waals surface area contributed by atoms with Crippen molar-refractivity contribution in [1.29, 1.82) is 0 Å². The number of benzene rings is 3. The van der Waals surface area contributed by atoms with Crippen LogP contribution in [0.2, 0.25) is 0 Å². The normalized spacial score (nSPS) is 11.6. The molecule has 1 atom stereocenters. The zero-order valence-electron chi connectivity index (χ0n) is 13.6. The molecule has 0 aliphatic rings. The SMILES string of the molecule is CCCC.O=[PH](O)c1ccccc1-c1cccc2ccccc12. The predicted molar refractivity (Wildman–Crippen MR) is 101 cm³/mol. The van der Waals surface area contributed by atoms with Gasteiger partial charge in [0.15, 0.2) is 0 Å². The van der Waals surface area contributed by atoms with Crippen LogP contribution in [-0.2, 0) is 4.57 Å². The van der Waals surface area contributed by atoms with E-state index in [1.54, 1.807) is 12.1 Å². The molecule has 120 valence electrons. The molecule has 3 rings (SSSR count). The molecule has 0 radical (unpaired) electrons. The molecule has 0 heterocycles. The molecule has 1 unspecified atom stereocenters. The second-order valence-corrected chi connectivity index (χ2v) is 6.53.